The summed E-state index contributed by atoms with van der Waals surface area (Å²) in [7, 11) is 0. The Labute approximate surface area is 274 Å². The highest BCUT2D eigenvalue weighted by atomic mass is 32.2. The number of carbonyl (C=O) groups is 3. The van der Waals surface area contributed by atoms with Crippen molar-refractivity contribution in [3.8, 4) is 0 Å². The van der Waals surface area contributed by atoms with Gasteiger partial charge < -0.3 is 24.5 Å². The summed E-state index contributed by atoms with van der Waals surface area (Å²) < 4.78 is 3.85. The molecule has 5 heterocycles. The Bertz CT molecular complexity index is 1510. The van der Waals surface area contributed by atoms with Gasteiger partial charge in [-0.05, 0) is 31.0 Å². The van der Waals surface area contributed by atoms with E-state index < -0.39 is 33.4 Å². The van der Waals surface area contributed by atoms with Crippen LogP contribution < -0.4 is 4.90 Å². The number of nitrogens with zero attached hydrogens (tertiary/aromatic N) is 4. The van der Waals surface area contributed by atoms with Gasteiger partial charge in [0.15, 0.2) is 0 Å². The van der Waals surface area contributed by atoms with Gasteiger partial charge in [0.25, 0.3) is 0 Å². The van der Waals surface area contributed by atoms with Crippen molar-refractivity contribution in [2.45, 2.75) is 34.9 Å². The molecule has 3 amide bonds. The summed E-state index contributed by atoms with van der Waals surface area (Å²) in [4.78, 5) is 52.1. The molecule has 7 rings (SSSR count). The third-order valence-electron chi connectivity index (χ3n) is 10.4. The Hall–Kier alpha value is -3.44. The fraction of sp³-hybridized carbons (Fsp3) is 0.472. The third-order valence-corrected chi connectivity index (χ3v) is 12.2. The SMILES string of the molecule is C[C@]12C=CCN(c3ccccc3)C(=O)[C@H]1[C@H]1C(=O)N([C@@H](CO)Cc3ccccc3)C3C(=O)N(CCN4CCOCC4)CC=C[C@@]31S2. The Balaban J connectivity index is 1.29. The first-order chi connectivity index (χ1) is 22.4. The van der Waals surface area contributed by atoms with Crippen LogP contribution in [-0.2, 0) is 25.5 Å². The Morgan fingerprint density at radius 3 is 2.28 bits per heavy atom. The zero-order valence-electron chi connectivity index (χ0n) is 26.2. The van der Waals surface area contributed by atoms with Gasteiger partial charge in [-0.2, -0.15) is 0 Å². The van der Waals surface area contributed by atoms with Crippen molar-refractivity contribution in [3.63, 3.8) is 0 Å². The molecular formula is C36H42N4O5S. The number of rotatable bonds is 8. The molecule has 2 aromatic rings. The highest BCUT2D eigenvalue weighted by Gasteiger charge is 2.74. The summed E-state index contributed by atoms with van der Waals surface area (Å²) >= 11 is 1.58. The number of aliphatic hydroxyl groups excluding tert-OH is 1. The van der Waals surface area contributed by atoms with E-state index in [-0.39, 0.29) is 24.3 Å². The topological polar surface area (TPSA) is 93.6 Å². The van der Waals surface area contributed by atoms with Crippen LogP contribution >= 0.6 is 11.8 Å². The molecule has 0 bridgehead atoms. The molecule has 1 spiro atoms. The van der Waals surface area contributed by atoms with E-state index in [0.29, 0.717) is 45.8 Å². The van der Waals surface area contributed by atoms with Gasteiger partial charge in [-0.3, -0.25) is 19.3 Å². The first kappa shape index (κ1) is 31.2. The minimum absolute atomic E-state index is 0.111. The van der Waals surface area contributed by atoms with Crippen molar-refractivity contribution in [1.29, 1.82) is 0 Å². The van der Waals surface area contributed by atoms with Gasteiger partial charge in [0.05, 0.1) is 42.4 Å². The molecule has 5 aliphatic rings. The molecule has 0 aliphatic carbocycles. The summed E-state index contributed by atoms with van der Waals surface area (Å²) in [6.45, 7) is 6.84. The maximum atomic E-state index is 15.0. The molecule has 3 saturated heterocycles. The zero-order valence-corrected chi connectivity index (χ0v) is 27.1. The molecule has 5 aliphatic heterocycles. The fourth-order valence-electron chi connectivity index (χ4n) is 8.17. The number of fused-ring (bicyclic) bond motifs is 2. The predicted molar refractivity (Wildman–Crippen MR) is 178 cm³/mol. The maximum absolute atomic E-state index is 15.0. The van der Waals surface area contributed by atoms with Gasteiger partial charge >= 0.3 is 0 Å². The average Bonchev–Trinajstić information content (AvgIpc) is 3.36. The van der Waals surface area contributed by atoms with E-state index in [1.807, 2.05) is 84.6 Å². The second kappa shape index (κ2) is 12.6. The zero-order chi connectivity index (χ0) is 31.9. The lowest BCUT2D eigenvalue weighted by Crippen LogP contribution is -2.58. The number of likely N-dealkylation sites (tertiary alicyclic amines) is 1. The lowest BCUT2D eigenvalue weighted by atomic mass is 9.74. The van der Waals surface area contributed by atoms with Gasteiger partial charge in [-0.25, -0.2) is 0 Å². The summed E-state index contributed by atoms with van der Waals surface area (Å²) in [5.74, 6) is -1.92. The van der Waals surface area contributed by atoms with Gasteiger partial charge in [-0.1, -0.05) is 72.8 Å². The second-order valence-corrected chi connectivity index (χ2v) is 14.9. The van der Waals surface area contributed by atoms with E-state index in [1.54, 1.807) is 21.6 Å². The van der Waals surface area contributed by atoms with Crippen molar-refractivity contribution in [1.82, 2.24) is 14.7 Å². The first-order valence-corrected chi connectivity index (χ1v) is 17.2. The molecule has 0 saturated carbocycles. The average molecular weight is 643 g/mol. The van der Waals surface area contributed by atoms with Crippen LogP contribution in [0.1, 0.15) is 12.5 Å². The lowest BCUT2D eigenvalue weighted by Gasteiger charge is -2.40. The number of benzene rings is 2. The van der Waals surface area contributed by atoms with Crippen LogP contribution in [-0.4, -0.2) is 118 Å². The molecule has 0 radical (unpaired) electrons. The molecule has 2 aromatic carbocycles. The minimum atomic E-state index is -0.967. The number of carbonyl (C=O) groups excluding carboxylic acids is 3. The van der Waals surface area contributed by atoms with E-state index in [2.05, 4.69) is 17.1 Å². The highest BCUT2D eigenvalue weighted by molar-refractivity contribution is 8.02. The Morgan fingerprint density at radius 2 is 1.57 bits per heavy atom. The minimum Gasteiger partial charge on any atom is -0.394 e. The lowest BCUT2D eigenvalue weighted by molar-refractivity contribution is -0.145. The Kier molecular flexibility index (Phi) is 8.56. The molecule has 1 unspecified atom stereocenters. The van der Waals surface area contributed by atoms with Crippen LogP contribution in [0.25, 0.3) is 0 Å². The van der Waals surface area contributed by atoms with E-state index in [9.17, 15) is 19.5 Å². The number of aliphatic hydroxyl groups is 1. The van der Waals surface area contributed by atoms with Gasteiger partial charge in [0.2, 0.25) is 17.7 Å². The van der Waals surface area contributed by atoms with Crippen LogP contribution in [0, 0.1) is 11.8 Å². The summed E-state index contributed by atoms with van der Waals surface area (Å²) in [5.41, 5.74) is 1.76. The quantitative estimate of drug-likeness (QED) is 0.443. The molecule has 0 aromatic heterocycles. The van der Waals surface area contributed by atoms with E-state index >= 15 is 0 Å². The predicted octanol–water partition coefficient (Wildman–Crippen LogP) is 2.61. The van der Waals surface area contributed by atoms with Crippen molar-refractivity contribution in [2.75, 3.05) is 64.0 Å². The monoisotopic (exact) mass is 642 g/mol. The molecule has 242 valence electrons. The molecule has 10 heteroatoms. The molecule has 6 atom stereocenters. The van der Waals surface area contributed by atoms with Crippen molar-refractivity contribution in [3.05, 3.63) is 90.5 Å². The maximum Gasteiger partial charge on any atom is 0.247 e. The van der Waals surface area contributed by atoms with E-state index in [1.165, 1.54) is 0 Å². The summed E-state index contributed by atoms with van der Waals surface area (Å²) in [6.07, 6.45) is 8.59. The van der Waals surface area contributed by atoms with Crippen molar-refractivity contribution >= 4 is 35.2 Å². The van der Waals surface area contributed by atoms with Crippen LogP contribution in [0.4, 0.5) is 5.69 Å². The smallest absolute Gasteiger partial charge is 0.247 e. The number of hydrogen-bond acceptors (Lipinski definition) is 7. The number of thioether (sulfide) groups is 1. The fourth-order valence-corrected chi connectivity index (χ4v) is 10.3. The van der Waals surface area contributed by atoms with E-state index in [0.717, 1.165) is 24.3 Å². The number of hydrogen-bond donors (Lipinski definition) is 1. The van der Waals surface area contributed by atoms with Gasteiger partial charge in [0, 0.05) is 49.7 Å². The summed E-state index contributed by atoms with van der Waals surface area (Å²) in [5, 5.41) is 10.8. The molecule has 3 fully saturated rings. The van der Waals surface area contributed by atoms with E-state index in [4.69, 9.17) is 4.74 Å². The van der Waals surface area contributed by atoms with Crippen LogP contribution in [0.3, 0.4) is 0 Å². The van der Waals surface area contributed by atoms with Crippen LogP contribution in [0.15, 0.2) is 85.0 Å². The number of amides is 3. The number of ether oxygens (including phenoxy) is 1. The third kappa shape index (κ3) is 5.29. The molecule has 9 nitrogen and oxygen atoms in total. The second-order valence-electron chi connectivity index (χ2n) is 13.1. The number of morpholine rings is 1. The Morgan fingerprint density at radius 1 is 0.870 bits per heavy atom. The van der Waals surface area contributed by atoms with Crippen molar-refractivity contribution in [2.24, 2.45) is 11.8 Å². The van der Waals surface area contributed by atoms with Gasteiger partial charge in [0.1, 0.15) is 6.04 Å². The van der Waals surface area contributed by atoms with Crippen LogP contribution in [0.5, 0.6) is 0 Å². The van der Waals surface area contributed by atoms with Crippen molar-refractivity contribution < 1.29 is 24.2 Å². The van der Waals surface area contributed by atoms with Crippen LogP contribution in [0.2, 0.25) is 0 Å². The molecule has 1 N–H and O–H groups in total. The van der Waals surface area contributed by atoms with Gasteiger partial charge in [-0.15, -0.1) is 11.8 Å². The largest absolute Gasteiger partial charge is 0.394 e. The number of para-hydroxylation sites is 1. The normalized spacial score (nSPS) is 31.8. The first-order valence-electron chi connectivity index (χ1n) is 16.3. The number of anilines is 1. The summed E-state index contributed by atoms with van der Waals surface area (Å²) in [6, 6.07) is 17.9. The highest BCUT2D eigenvalue weighted by Crippen LogP contribution is 2.66. The molecular weight excluding hydrogens is 600 g/mol. The standard InChI is InChI=1S/C36H42N4O5S/c1-35-14-8-17-39(27-12-6-3-7-13-27)32(42)29(35)30-33(43)40(28(25-41)24-26-10-4-2-5-11-26)31-34(44)38(16-9-15-36(30,31)46-35)19-18-37-20-22-45-23-21-37/h2-15,28-31,41H,16-25H2,1H3/t28-,29-,30+,31?,35+,36+/m1/s1. The molecule has 46 heavy (non-hydrogen) atoms.